The number of carbonyl (C=O) groups excluding carboxylic acids is 1. The Labute approximate surface area is 146 Å². The number of carbonyl (C=O) groups is 2. The van der Waals surface area contributed by atoms with Crippen LogP contribution in [-0.2, 0) is 14.8 Å². The van der Waals surface area contributed by atoms with Crippen molar-refractivity contribution in [2.45, 2.75) is 39.7 Å². The average Bonchev–Trinajstić information content (AvgIpc) is 2.42. The normalized spacial score (nSPS) is 13.2. The Kier molecular flexibility index (Phi) is 6.53. The molecule has 1 aromatic carbocycles. The summed E-state index contributed by atoms with van der Waals surface area (Å²) in [6.07, 6.45) is 1.67. The highest BCUT2D eigenvalue weighted by Crippen LogP contribution is 2.22. The number of hydrogen-bond donors (Lipinski definition) is 3. The van der Waals surface area contributed by atoms with E-state index in [0.29, 0.717) is 6.42 Å². The highest BCUT2D eigenvalue weighted by molar-refractivity contribution is 7.92. The van der Waals surface area contributed by atoms with E-state index in [2.05, 4.69) is 5.32 Å². The molecule has 0 spiro atoms. The second kappa shape index (κ2) is 7.81. The van der Waals surface area contributed by atoms with Crippen LogP contribution in [0.5, 0.6) is 0 Å². The van der Waals surface area contributed by atoms with Crippen molar-refractivity contribution in [1.29, 1.82) is 0 Å². The summed E-state index contributed by atoms with van der Waals surface area (Å²) in [5.41, 5.74) is -0.521. The van der Waals surface area contributed by atoms with Gasteiger partial charge in [0.25, 0.3) is 5.91 Å². The molecule has 0 aromatic heterocycles. The van der Waals surface area contributed by atoms with Crippen LogP contribution in [0.3, 0.4) is 0 Å². The summed E-state index contributed by atoms with van der Waals surface area (Å²) < 4.78 is 38.1. The summed E-state index contributed by atoms with van der Waals surface area (Å²) in [5.74, 6) is -2.74. The molecule has 0 saturated carbocycles. The van der Waals surface area contributed by atoms with Gasteiger partial charge < -0.3 is 10.4 Å². The maximum absolute atomic E-state index is 13.7. The lowest BCUT2D eigenvalue weighted by atomic mass is 9.88. The van der Waals surface area contributed by atoms with Gasteiger partial charge in [0.15, 0.2) is 0 Å². The van der Waals surface area contributed by atoms with Crippen LogP contribution in [0.15, 0.2) is 18.2 Å². The van der Waals surface area contributed by atoms with E-state index in [1.54, 1.807) is 0 Å². The van der Waals surface area contributed by atoms with Gasteiger partial charge in [0, 0.05) is 5.56 Å². The molecule has 0 saturated heterocycles. The van der Waals surface area contributed by atoms with Crippen LogP contribution in [-0.4, -0.2) is 37.7 Å². The van der Waals surface area contributed by atoms with Gasteiger partial charge in [-0.25, -0.2) is 17.6 Å². The fourth-order valence-electron chi connectivity index (χ4n) is 2.02. The number of hydrogen-bond acceptors (Lipinski definition) is 4. The first-order valence-electron chi connectivity index (χ1n) is 7.59. The van der Waals surface area contributed by atoms with E-state index in [9.17, 15) is 27.5 Å². The molecular weight excluding hydrogens is 351 g/mol. The standard InChI is InChI=1S/C16H23FN2O5S/c1-16(2,3)8-7-12(15(21)22)18-14(20)10-5-6-11(17)13(9-10)19-25(4,23)24/h5-6,9,12,19H,7-8H2,1-4H3,(H,18,20)(H,21,22). The van der Waals surface area contributed by atoms with Crippen molar-refractivity contribution in [3.63, 3.8) is 0 Å². The molecule has 0 aliphatic rings. The predicted molar refractivity (Wildman–Crippen MR) is 92.4 cm³/mol. The molecule has 0 fully saturated rings. The van der Waals surface area contributed by atoms with Crippen LogP contribution in [0.1, 0.15) is 44.0 Å². The molecule has 1 atom stereocenters. The summed E-state index contributed by atoms with van der Waals surface area (Å²) in [6.45, 7) is 5.87. The molecule has 0 heterocycles. The Morgan fingerprint density at radius 1 is 1.28 bits per heavy atom. The number of amides is 1. The molecule has 1 amide bonds. The summed E-state index contributed by atoms with van der Waals surface area (Å²) in [5, 5.41) is 11.6. The Morgan fingerprint density at radius 3 is 2.36 bits per heavy atom. The molecule has 0 radical (unpaired) electrons. The fraction of sp³-hybridized carbons (Fsp3) is 0.500. The van der Waals surface area contributed by atoms with E-state index in [4.69, 9.17) is 0 Å². The lowest BCUT2D eigenvalue weighted by Crippen LogP contribution is -2.41. The Balaban J connectivity index is 2.94. The molecule has 7 nitrogen and oxygen atoms in total. The zero-order valence-electron chi connectivity index (χ0n) is 14.6. The molecule has 0 aliphatic carbocycles. The minimum absolute atomic E-state index is 0.0467. The zero-order valence-corrected chi connectivity index (χ0v) is 15.4. The van der Waals surface area contributed by atoms with E-state index in [1.807, 2.05) is 25.5 Å². The number of sulfonamides is 1. The Hall–Kier alpha value is -2.16. The third kappa shape index (κ3) is 7.51. The van der Waals surface area contributed by atoms with Crippen molar-refractivity contribution in [1.82, 2.24) is 5.32 Å². The predicted octanol–water partition coefficient (Wildman–Crippen LogP) is 2.21. The topological polar surface area (TPSA) is 113 Å². The van der Waals surface area contributed by atoms with Crippen molar-refractivity contribution in [2.24, 2.45) is 5.41 Å². The van der Waals surface area contributed by atoms with Crippen LogP contribution in [0.2, 0.25) is 0 Å². The molecule has 140 valence electrons. The first-order valence-corrected chi connectivity index (χ1v) is 9.49. The van der Waals surface area contributed by atoms with Crippen LogP contribution in [0.25, 0.3) is 0 Å². The largest absolute Gasteiger partial charge is 0.480 e. The number of carboxylic acids is 1. The van der Waals surface area contributed by atoms with Gasteiger partial charge in [-0.3, -0.25) is 9.52 Å². The van der Waals surface area contributed by atoms with E-state index in [-0.39, 0.29) is 23.1 Å². The first kappa shape index (κ1) is 20.9. The fourth-order valence-corrected chi connectivity index (χ4v) is 2.58. The lowest BCUT2D eigenvalue weighted by Gasteiger charge is -2.21. The Bertz CT molecular complexity index is 756. The lowest BCUT2D eigenvalue weighted by molar-refractivity contribution is -0.139. The smallest absolute Gasteiger partial charge is 0.326 e. The van der Waals surface area contributed by atoms with Crippen molar-refractivity contribution in [2.75, 3.05) is 11.0 Å². The number of nitrogens with one attached hydrogen (secondary N) is 2. The first-order chi connectivity index (χ1) is 11.3. The van der Waals surface area contributed by atoms with Gasteiger partial charge in [-0.1, -0.05) is 20.8 Å². The number of aliphatic carboxylic acids is 1. The molecular formula is C16H23FN2O5S. The van der Waals surface area contributed by atoms with Crippen LogP contribution < -0.4 is 10.0 Å². The monoisotopic (exact) mass is 374 g/mol. The van der Waals surface area contributed by atoms with E-state index >= 15 is 0 Å². The van der Waals surface area contributed by atoms with Crippen molar-refractivity contribution >= 4 is 27.6 Å². The quantitative estimate of drug-likeness (QED) is 0.677. The van der Waals surface area contributed by atoms with Gasteiger partial charge in [0.1, 0.15) is 11.9 Å². The van der Waals surface area contributed by atoms with Crippen LogP contribution in [0.4, 0.5) is 10.1 Å². The van der Waals surface area contributed by atoms with Crippen molar-refractivity contribution in [3.8, 4) is 0 Å². The molecule has 9 heteroatoms. The van der Waals surface area contributed by atoms with Crippen LogP contribution >= 0.6 is 0 Å². The minimum atomic E-state index is -3.72. The highest BCUT2D eigenvalue weighted by atomic mass is 32.2. The number of halogens is 1. The second-order valence-corrected chi connectivity index (χ2v) is 8.78. The number of rotatable bonds is 7. The van der Waals surface area contributed by atoms with Crippen molar-refractivity contribution < 1.29 is 27.5 Å². The molecule has 3 N–H and O–H groups in total. The summed E-state index contributed by atoms with van der Waals surface area (Å²) >= 11 is 0. The Morgan fingerprint density at radius 2 is 1.88 bits per heavy atom. The third-order valence-electron chi connectivity index (χ3n) is 3.31. The third-order valence-corrected chi connectivity index (χ3v) is 3.90. The van der Waals surface area contributed by atoms with Crippen molar-refractivity contribution in [3.05, 3.63) is 29.6 Å². The van der Waals surface area contributed by atoms with E-state index in [0.717, 1.165) is 24.5 Å². The highest BCUT2D eigenvalue weighted by Gasteiger charge is 2.23. The SMILES string of the molecule is CC(C)(C)CCC(NC(=O)c1ccc(F)c(NS(C)(=O)=O)c1)C(=O)O. The zero-order chi connectivity index (χ0) is 19.4. The van der Waals surface area contributed by atoms with E-state index in [1.165, 1.54) is 0 Å². The molecule has 1 aromatic rings. The summed E-state index contributed by atoms with van der Waals surface area (Å²) in [4.78, 5) is 23.6. The number of carboxylic acid groups (broad SMARTS) is 1. The van der Waals surface area contributed by atoms with Crippen LogP contribution in [0, 0.1) is 11.2 Å². The van der Waals surface area contributed by atoms with Gasteiger partial charge in [0.05, 0.1) is 11.9 Å². The maximum atomic E-state index is 13.7. The molecule has 0 aliphatic heterocycles. The van der Waals surface area contributed by atoms with Gasteiger partial charge in [0.2, 0.25) is 10.0 Å². The molecule has 1 rings (SSSR count). The molecule has 25 heavy (non-hydrogen) atoms. The minimum Gasteiger partial charge on any atom is -0.480 e. The summed E-state index contributed by atoms with van der Waals surface area (Å²) in [7, 11) is -3.72. The van der Waals surface area contributed by atoms with Gasteiger partial charge in [-0.15, -0.1) is 0 Å². The maximum Gasteiger partial charge on any atom is 0.326 e. The van der Waals surface area contributed by atoms with Gasteiger partial charge in [-0.2, -0.15) is 0 Å². The number of benzene rings is 1. The van der Waals surface area contributed by atoms with E-state index < -0.39 is 33.8 Å². The second-order valence-electron chi connectivity index (χ2n) is 7.03. The van der Waals surface area contributed by atoms with Gasteiger partial charge >= 0.3 is 5.97 Å². The molecule has 1 unspecified atom stereocenters. The number of anilines is 1. The molecule has 0 bridgehead atoms. The summed E-state index contributed by atoms with van der Waals surface area (Å²) in [6, 6.07) is 2.02. The van der Waals surface area contributed by atoms with Gasteiger partial charge in [-0.05, 0) is 36.5 Å². The average molecular weight is 374 g/mol.